The highest BCUT2D eigenvalue weighted by Gasteiger charge is 2.27. The molecule has 7 heteroatoms. The lowest BCUT2D eigenvalue weighted by Gasteiger charge is -2.32. The minimum absolute atomic E-state index is 0. The summed E-state index contributed by atoms with van der Waals surface area (Å²) in [4.78, 5) is 12.3. The maximum atomic E-state index is 5.20. The van der Waals surface area contributed by atoms with Crippen LogP contribution in [0.1, 0.15) is 38.5 Å². The van der Waals surface area contributed by atoms with E-state index in [1.165, 1.54) is 77.8 Å². The molecular formula is C21H42IN5O. The highest BCUT2D eigenvalue weighted by Crippen LogP contribution is 2.20. The van der Waals surface area contributed by atoms with Gasteiger partial charge in [-0.05, 0) is 70.1 Å². The van der Waals surface area contributed by atoms with Crippen LogP contribution in [0.5, 0.6) is 0 Å². The van der Waals surface area contributed by atoms with Crippen LogP contribution in [0.2, 0.25) is 0 Å². The second kappa shape index (κ2) is 13.2. The fourth-order valence-electron chi connectivity index (χ4n) is 4.88. The summed E-state index contributed by atoms with van der Waals surface area (Å²) in [6, 6.07) is 0. The number of nitrogens with zero attached hydrogens (tertiary/aromatic N) is 4. The first kappa shape index (κ1) is 24.2. The predicted octanol–water partition coefficient (Wildman–Crippen LogP) is 2.35. The molecule has 3 fully saturated rings. The van der Waals surface area contributed by atoms with Crippen molar-refractivity contribution in [2.24, 2.45) is 16.8 Å². The third-order valence-corrected chi connectivity index (χ3v) is 6.63. The molecule has 0 aliphatic carbocycles. The maximum Gasteiger partial charge on any atom is 0.193 e. The number of rotatable bonds is 7. The number of halogens is 1. The number of piperidine rings is 2. The molecule has 1 atom stereocenters. The number of likely N-dealkylation sites (tertiary alicyclic amines) is 3. The molecule has 0 amide bonds. The summed E-state index contributed by atoms with van der Waals surface area (Å²) >= 11 is 0. The van der Waals surface area contributed by atoms with Crippen molar-refractivity contribution in [2.75, 3.05) is 79.7 Å². The first-order valence-corrected chi connectivity index (χ1v) is 11.2. The van der Waals surface area contributed by atoms with Crippen molar-refractivity contribution in [3.63, 3.8) is 0 Å². The van der Waals surface area contributed by atoms with Crippen LogP contribution in [0.15, 0.2) is 4.99 Å². The zero-order valence-electron chi connectivity index (χ0n) is 18.1. The second-order valence-electron chi connectivity index (χ2n) is 8.67. The van der Waals surface area contributed by atoms with Crippen molar-refractivity contribution in [3.05, 3.63) is 0 Å². The average Bonchev–Trinajstić information content (AvgIpc) is 3.17. The van der Waals surface area contributed by atoms with E-state index in [9.17, 15) is 0 Å². The molecule has 1 unspecified atom stereocenters. The summed E-state index contributed by atoms with van der Waals surface area (Å²) in [7, 11) is 3.73. The van der Waals surface area contributed by atoms with Crippen molar-refractivity contribution < 1.29 is 4.74 Å². The third kappa shape index (κ3) is 7.61. The van der Waals surface area contributed by atoms with Gasteiger partial charge in [-0.3, -0.25) is 4.99 Å². The van der Waals surface area contributed by atoms with Crippen LogP contribution in [0.4, 0.5) is 0 Å². The Bertz CT molecular complexity index is 450. The van der Waals surface area contributed by atoms with Gasteiger partial charge in [0.1, 0.15) is 0 Å². The molecule has 1 N–H and O–H groups in total. The number of hydrogen-bond donors (Lipinski definition) is 1. The fourth-order valence-corrected chi connectivity index (χ4v) is 4.88. The van der Waals surface area contributed by atoms with Crippen LogP contribution in [-0.4, -0.2) is 100 Å². The van der Waals surface area contributed by atoms with Gasteiger partial charge in [0.05, 0.1) is 6.61 Å². The molecule has 0 saturated carbocycles. The highest BCUT2D eigenvalue weighted by molar-refractivity contribution is 14.0. The smallest absolute Gasteiger partial charge is 0.193 e. The molecule has 3 rings (SSSR count). The van der Waals surface area contributed by atoms with Gasteiger partial charge < -0.3 is 24.8 Å². The summed E-state index contributed by atoms with van der Waals surface area (Å²) in [5.74, 6) is 2.70. The molecule has 3 saturated heterocycles. The molecule has 0 aromatic rings. The van der Waals surface area contributed by atoms with E-state index in [1.807, 2.05) is 7.05 Å². The number of ether oxygens (including phenoxy) is 1. The molecule has 164 valence electrons. The van der Waals surface area contributed by atoms with Crippen LogP contribution < -0.4 is 5.32 Å². The standard InChI is InChI=1S/C21H41N5O.HI/c1-22-21(23-16-19-6-11-24(12-7-19)14-15-27-2)26-13-8-20(18-26)17-25-9-4-3-5-10-25;/h19-20H,3-18H2,1-2H3,(H,22,23);1H. The van der Waals surface area contributed by atoms with E-state index in [4.69, 9.17) is 4.74 Å². The summed E-state index contributed by atoms with van der Waals surface area (Å²) in [6.07, 6.45) is 8.09. The van der Waals surface area contributed by atoms with Crippen molar-refractivity contribution in [1.29, 1.82) is 0 Å². The van der Waals surface area contributed by atoms with Gasteiger partial charge in [-0.25, -0.2) is 0 Å². The van der Waals surface area contributed by atoms with E-state index >= 15 is 0 Å². The highest BCUT2D eigenvalue weighted by atomic mass is 127. The lowest BCUT2D eigenvalue weighted by atomic mass is 9.97. The first-order valence-electron chi connectivity index (χ1n) is 11.2. The van der Waals surface area contributed by atoms with Crippen LogP contribution in [-0.2, 0) is 4.74 Å². The normalized spacial score (nSPS) is 25.7. The third-order valence-electron chi connectivity index (χ3n) is 6.63. The molecule has 0 bridgehead atoms. The van der Waals surface area contributed by atoms with Gasteiger partial charge in [-0.1, -0.05) is 6.42 Å². The lowest BCUT2D eigenvalue weighted by molar-refractivity contribution is 0.120. The van der Waals surface area contributed by atoms with E-state index in [0.29, 0.717) is 0 Å². The van der Waals surface area contributed by atoms with Crippen molar-refractivity contribution in [1.82, 2.24) is 20.0 Å². The molecule has 3 heterocycles. The molecule has 0 spiro atoms. The maximum absolute atomic E-state index is 5.20. The summed E-state index contributed by atoms with van der Waals surface area (Å²) in [5, 5.41) is 3.68. The molecular weight excluding hydrogens is 465 g/mol. The average molecular weight is 508 g/mol. The van der Waals surface area contributed by atoms with Crippen LogP contribution >= 0.6 is 24.0 Å². The molecule has 0 radical (unpaired) electrons. The van der Waals surface area contributed by atoms with Crippen molar-refractivity contribution in [2.45, 2.75) is 38.5 Å². The van der Waals surface area contributed by atoms with E-state index in [-0.39, 0.29) is 24.0 Å². The molecule has 3 aliphatic heterocycles. The number of guanidine groups is 1. The zero-order chi connectivity index (χ0) is 18.9. The van der Waals surface area contributed by atoms with Gasteiger partial charge >= 0.3 is 0 Å². The largest absolute Gasteiger partial charge is 0.383 e. The number of nitrogens with one attached hydrogen (secondary N) is 1. The Morgan fingerprint density at radius 1 is 0.964 bits per heavy atom. The Hall–Kier alpha value is -0.120. The zero-order valence-corrected chi connectivity index (χ0v) is 20.4. The van der Waals surface area contributed by atoms with E-state index in [0.717, 1.165) is 44.0 Å². The van der Waals surface area contributed by atoms with E-state index in [2.05, 4.69) is 25.0 Å². The van der Waals surface area contributed by atoms with Gasteiger partial charge in [0.15, 0.2) is 5.96 Å². The Morgan fingerprint density at radius 2 is 1.68 bits per heavy atom. The molecule has 0 aromatic carbocycles. The van der Waals surface area contributed by atoms with Gasteiger partial charge in [-0.2, -0.15) is 0 Å². The Kier molecular flexibility index (Phi) is 11.4. The monoisotopic (exact) mass is 507 g/mol. The number of aliphatic imine (C=N–C) groups is 1. The van der Waals surface area contributed by atoms with Crippen LogP contribution in [0.3, 0.4) is 0 Å². The topological polar surface area (TPSA) is 43.3 Å². The molecule has 0 aromatic heterocycles. The quantitative estimate of drug-likeness (QED) is 0.326. The summed E-state index contributed by atoms with van der Waals surface area (Å²) < 4.78 is 5.20. The fraction of sp³-hybridized carbons (Fsp3) is 0.952. The van der Waals surface area contributed by atoms with Gasteiger partial charge in [0.25, 0.3) is 0 Å². The van der Waals surface area contributed by atoms with Gasteiger partial charge in [-0.15, -0.1) is 24.0 Å². The van der Waals surface area contributed by atoms with E-state index in [1.54, 1.807) is 7.11 Å². The van der Waals surface area contributed by atoms with Crippen molar-refractivity contribution >= 4 is 29.9 Å². The second-order valence-corrected chi connectivity index (χ2v) is 8.67. The number of methoxy groups -OCH3 is 1. The minimum Gasteiger partial charge on any atom is -0.383 e. The van der Waals surface area contributed by atoms with Crippen LogP contribution in [0, 0.1) is 11.8 Å². The Morgan fingerprint density at radius 3 is 2.36 bits per heavy atom. The lowest BCUT2D eigenvalue weighted by Crippen LogP contribution is -2.45. The SMILES string of the molecule is CN=C(NCC1CCN(CCOC)CC1)N1CCC(CN2CCCCC2)C1.I. The van der Waals surface area contributed by atoms with Crippen LogP contribution in [0.25, 0.3) is 0 Å². The summed E-state index contributed by atoms with van der Waals surface area (Å²) in [6.45, 7) is 11.6. The Labute approximate surface area is 189 Å². The van der Waals surface area contributed by atoms with E-state index < -0.39 is 0 Å². The van der Waals surface area contributed by atoms with Gasteiger partial charge in [0.2, 0.25) is 0 Å². The first-order chi connectivity index (χ1) is 13.3. The number of hydrogen-bond acceptors (Lipinski definition) is 4. The van der Waals surface area contributed by atoms with Crippen molar-refractivity contribution in [3.8, 4) is 0 Å². The summed E-state index contributed by atoms with van der Waals surface area (Å²) in [5.41, 5.74) is 0. The predicted molar refractivity (Wildman–Crippen MR) is 128 cm³/mol. The minimum atomic E-state index is 0. The Balaban J connectivity index is 0.00000280. The molecule has 6 nitrogen and oxygen atoms in total. The molecule has 3 aliphatic rings. The van der Waals surface area contributed by atoms with Gasteiger partial charge in [0, 0.05) is 46.9 Å². The molecule has 28 heavy (non-hydrogen) atoms.